The smallest absolute Gasteiger partial charge is 0.0230 e. The van der Waals surface area contributed by atoms with Gasteiger partial charge in [-0.3, -0.25) is 0 Å². The van der Waals surface area contributed by atoms with E-state index in [2.05, 4.69) is 36.2 Å². The Hall–Kier alpha value is -0.280. The molecule has 1 aromatic rings. The first kappa shape index (κ1) is 17.1. The lowest BCUT2D eigenvalue weighted by molar-refractivity contribution is 0.324. The molecule has 0 radical (unpaired) electrons. The third-order valence-electron chi connectivity index (χ3n) is 2.04. The normalized spacial score (nSPS) is 9.27. The SMILES string of the molecule is CN(CCCN)Cc1ccccc1.Cl.Cl. The highest BCUT2D eigenvalue weighted by Crippen LogP contribution is 2.02. The topological polar surface area (TPSA) is 29.3 Å². The third kappa shape index (κ3) is 7.63. The Kier molecular flexibility index (Phi) is 11.7. The molecule has 1 aromatic carbocycles. The first-order valence-corrected chi connectivity index (χ1v) is 4.75. The van der Waals surface area contributed by atoms with Gasteiger partial charge in [0.25, 0.3) is 0 Å². The number of rotatable bonds is 5. The molecule has 0 saturated carbocycles. The van der Waals surface area contributed by atoms with Crippen LogP contribution in [0.5, 0.6) is 0 Å². The van der Waals surface area contributed by atoms with Crippen molar-refractivity contribution in [2.75, 3.05) is 20.1 Å². The summed E-state index contributed by atoms with van der Waals surface area (Å²) in [5.41, 5.74) is 6.81. The van der Waals surface area contributed by atoms with Gasteiger partial charge in [-0.25, -0.2) is 0 Å². The summed E-state index contributed by atoms with van der Waals surface area (Å²) in [7, 11) is 2.13. The Morgan fingerprint density at radius 1 is 1.13 bits per heavy atom. The fraction of sp³-hybridized carbons (Fsp3) is 0.455. The molecule has 0 saturated heterocycles. The highest BCUT2D eigenvalue weighted by Gasteiger charge is 1.97. The summed E-state index contributed by atoms with van der Waals surface area (Å²) in [4.78, 5) is 2.29. The van der Waals surface area contributed by atoms with Gasteiger partial charge in [-0.05, 0) is 32.1 Å². The van der Waals surface area contributed by atoms with Crippen molar-refractivity contribution in [1.29, 1.82) is 0 Å². The van der Waals surface area contributed by atoms with E-state index in [0.717, 1.165) is 26.1 Å². The number of nitrogens with zero attached hydrogens (tertiary/aromatic N) is 1. The maximum atomic E-state index is 5.44. The van der Waals surface area contributed by atoms with Crippen molar-refractivity contribution in [3.8, 4) is 0 Å². The van der Waals surface area contributed by atoms with Crippen LogP contribution >= 0.6 is 24.8 Å². The molecule has 0 heterocycles. The molecular weight excluding hydrogens is 231 g/mol. The van der Waals surface area contributed by atoms with E-state index in [0.29, 0.717) is 0 Å². The summed E-state index contributed by atoms with van der Waals surface area (Å²) in [5, 5.41) is 0. The van der Waals surface area contributed by atoms with Gasteiger partial charge < -0.3 is 10.6 Å². The molecule has 0 atom stereocenters. The van der Waals surface area contributed by atoms with Crippen LogP contribution in [0.15, 0.2) is 30.3 Å². The highest BCUT2D eigenvalue weighted by atomic mass is 35.5. The molecule has 2 nitrogen and oxygen atoms in total. The van der Waals surface area contributed by atoms with Crippen LogP contribution in [0, 0.1) is 0 Å². The largest absolute Gasteiger partial charge is 0.330 e. The van der Waals surface area contributed by atoms with Gasteiger partial charge >= 0.3 is 0 Å². The van der Waals surface area contributed by atoms with Gasteiger partial charge in [0.2, 0.25) is 0 Å². The van der Waals surface area contributed by atoms with Crippen LogP contribution < -0.4 is 5.73 Å². The minimum Gasteiger partial charge on any atom is -0.330 e. The fourth-order valence-corrected chi connectivity index (χ4v) is 1.34. The second-order valence-corrected chi connectivity index (χ2v) is 3.37. The minimum atomic E-state index is 0. The molecule has 88 valence electrons. The number of hydrogen-bond donors (Lipinski definition) is 1. The van der Waals surface area contributed by atoms with E-state index in [1.807, 2.05) is 6.07 Å². The zero-order valence-corrected chi connectivity index (χ0v) is 10.7. The standard InChI is InChI=1S/C11H18N2.2ClH/c1-13(9-5-8-12)10-11-6-3-2-4-7-11;;/h2-4,6-7H,5,8-10,12H2,1H3;2*1H. The molecule has 0 fully saturated rings. The molecule has 0 spiro atoms. The van der Waals surface area contributed by atoms with Crippen molar-refractivity contribution in [2.45, 2.75) is 13.0 Å². The molecule has 0 unspecified atom stereocenters. The van der Waals surface area contributed by atoms with Gasteiger partial charge in [-0.15, -0.1) is 24.8 Å². The summed E-state index contributed by atoms with van der Waals surface area (Å²) < 4.78 is 0. The van der Waals surface area contributed by atoms with Crippen molar-refractivity contribution in [3.05, 3.63) is 35.9 Å². The van der Waals surface area contributed by atoms with Gasteiger partial charge in [0.1, 0.15) is 0 Å². The zero-order chi connectivity index (χ0) is 9.52. The van der Waals surface area contributed by atoms with Crippen LogP contribution in [0.25, 0.3) is 0 Å². The Morgan fingerprint density at radius 2 is 1.73 bits per heavy atom. The zero-order valence-electron chi connectivity index (χ0n) is 9.06. The van der Waals surface area contributed by atoms with Crippen molar-refractivity contribution in [3.63, 3.8) is 0 Å². The van der Waals surface area contributed by atoms with Gasteiger partial charge in [-0.1, -0.05) is 30.3 Å². The van der Waals surface area contributed by atoms with E-state index in [-0.39, 0.29) is 24.8 Å². The third-order valence-corrected chi connectivity index (χ3v) is 2.04. The second-order valence-electron chi connectivity index (χ2n) is 3.37. The van der Waals surface area contributed by atoms with Crippen molar-refractivity contribution in [1.82, 2.24) is 4.90 Å². The van der Waals surface area contributed by atoms with Crippen LogP contribution in [0.3, 0.4) is 0 Å². The highest BCUT2D eigenvalue weighted by molar-refractivity contribution is 5.85. The van der Waals surface area contributed by atoms with E-state index in [1.54, 1.807) is 0 Å². The summed E-state index contributed by atoms with van der Waals surface area (Å²) in [6, 6.07) is 10.5. The predicted octanol–water partition coefficient (Wildman–Crippen LogP) is 2.31. The van der Waals surface area contributed by atoms with E-state index < -0.39 is 0 Å². The van der Waals surface area contributed by atoms with E-state index >= 15 is 0 Å². The van der Waals surface area contributed by atoms with Crippen LogP contribution in [-0.2, 0) is 6.54 Å². The van der Waals surface area contributed by atoms with Gasteiger partial charge in [0, 0.05) is 6.54 Å². The predicted molar refractivity (Wildman–Crippen MR) is 70.9 cm³/mol. The Bertz CT molecular complexity index is 229. The van der Waals surface area contributed by atoms with E-state index in [4.69, 9.17) is 5.73 Å². The first-order chi connectivity index (χ1) is 6.33. The molecule has 0 aliphatic rings. The van der Waals surface area contributed by atoms with Gasteiger partial charge in [0.15, 0.2) is 0 Å². The molecular formula is C11H20Cl2N2. The Morgan fingerprint density at radius 3 is 2.27 bits per heavy atom. The summed E-state index contributed by atoms with van der Waals surface area (Å²) >= 11 is 0. The van der Waals surface area contributed by atoms with E-state index in [9.17, 15) is 0 Å². The second kappa shape index (κ2) is 10.2. The lowest BCUT2D eigenvalue weighted by Gasteiger charge is -2.15. The molecule has 15 heavy (non-hydrogen) atoms. The molecule has 0 amide bonds. The molecule has 0 aliphatic carbocycles. The molecule has 0 aromatic heterocycles. The molecule has 0 bridgehead atoms. The fourth-order valence-electron chi connectivity index (χ4n) is 1.34. The Balaban J connectivity index is 0. The van der Waals surface area contributed by atoms with Crippen molar-refractivity contribution < 1.29 is 0 Å². The Labute approximate surface area is 105 Å². The van der Waals surface area contributed by atoms with E-state index in [1.165, 1.54) is 5.56 Å². The monoisotopic (exact) mass is 250 g/mol. The van der Waals surface area contributed by atoms with Crippen LogP contribution in [0.1, 0.15) is 12.0 Å². The van der Waals surface area contributed by atoms with Crippen molar-refractivity contribution in [2.24, 2.45) is 5.73 Å². The maximum Gasteiger partial charge on any atom is 0.0230 e. The lowest BCUT2D eigenvalue weighted by Crippen LogP contribution is -2.21. The molecule has 0 aliphatic heterocycles. The lowest BCUT2D eigenvalue weighted by atomic mass is 10.2. The first-order valence-electron chi connectivity index (χ1n) is 4.75. The van der Waals surface area contributed by atoms with Gasteiger partial charge in [0.05, 0.1) is 0 Å². The number of halogens is 2. The summed E-state index contributed by atoms with van der Waals surface area (Å²) in [6.07, 6.45) is 1.07. The van der Waals surface area contributed by atoms with Crippen LogP contribution in [0.2, 0.25) is 0 Å². The number of nitrogens with two attached hydrogens (primary N) is 1. The van der Waals surface area contributed by atoms with Crippen molar-refractivity contribution >= 4 is 24.8 Å². The maximum absolute atomic E-state index is 5.44. The minimum absolute atomic E-state index is 0. The van der Waals surface area contributed by atoms with Gasteiger partial charge in [-0.2, -0.15) is 0 Å². The average Bonchev–Trinajstić information content (AvgIpc) is 2.16. The van der Waals surface area contributed by atoms with Crippen LogP contribution in [-0.4, -0.2) is 25.0 Å². The molecule has 1 rings (SSSR count). The summed E-state index contributed by atoms with van der Waals surface area (Å²) in [5.74, 6) is 0. The number of benzene rings is 1. The summed E-state index contributed by atoms with van der Waals surface area (Å²) in [6.45, 7) is 2.87. The quantitative estimate of drug-likeness (QED) is 0.870. The molecule has 4 heteroatoms. The van der Waals surface area contributed by atoms with Crippen LogP contribution in [0.4, 0.5) is 0 Å². The molecule has 2 N–H and O–H groups in total. The average molecular weight is 251 g/mol. The number of hydrogen-bond acceptors (Lipinski definition) is 2.